The molecule has 2 heteroatoms. The van der Waals surface area contributed by atoms with Gasteiger partial charge in [0.15, 0.2) is 0 Å². The molecule has 2 nitrogen and oxygen atoms in total. The van der Waals surface area contributed by atoms with Gasteiger partial charge >= 0.3 is 5.97 Å². The van der Waals surface area contributed by atoms with Crippen LogP contribution in [0.3, 0.4) is 0 Å². The molecule has 146 valence electrons. The van der Waals surface area contributed by atoms with Crippen molar-refractivity contribution in [2.75, 3.05) is 0 Å². The first-order chi connectivity index (χ1) is 12.4. The highest BCUT2D eigenvalue weighted by molar-refractivity contribution is 5.66. The quantitative estimate of drug-likeness (QED) is 0.575. The maximum atomic E-state index is 11.0. The van der Waals surface area contributed by atoms with Crippen molar-refractivity contribution in [2.24, 2.45) is 34.5 Å². The van der Waals surface area contributed by atoms with Crippen molar-refractivity contribution in [3.8, 4) is 0 Å². The summed E-state index contributed by atoms with van der Waals surface area (Å²) in [5.41, 5.74) is 4.72. The van der Waals surface area contributed by atoms with Crippen molar-refractivity contribution in [1.82, 2.24) is 0 Å². The normalized spacial score (nSPS) is 43.4. The average Bonchev–Trinajstić information content (AvgIpc) is 2.96. The number of fused-ring (bicyclic) bond motifs is 4. The maximum Gasteiger partial charge on any atom is 0.303 e. The number of hydrogen-bond acceptors (Lipinski definition) is 1. The number of carboxylic acid groups (broad SMARTS) is 1. The van der Waals surface area contributed by atoms with Crippen LogP contribution in [0, 0.1) is 34.5 Å². The van der Waals surface area contributed by atoms with Crippen molar-refractivity contribution in [3.05, 3.63) is 11.1 Å². The molecule has 0 aromatic carbocycles. The fourth-order valence-corrected chi connectivity index (χ4v) is 8.02. The molecule has 4 aliphatic carbocycles. The molecule has 0 bridgehead atoms. The lowest BCUT2D eigenvalue weighted by Gasteiger charge is -2.54. The van der Waals surface area contributed by atoms with Gasteiger partial charge in [0, 0.05) is 6.42 Å². The van der Waals surface area contributed by atoms with Crippen LogP contribution in [-0.2, 0) is 4.79 Å². The highest BCUT2D eigenvalue weighted by Gasteiger charge is 2.55. The number of hydrogen-bond donors (Lipinski definition) is 1. The highest BCUT2D eigenvalue weighted by atomic mass is 16.4. The van der Waals surface area contributed by atoms with E-state index >= 15 is 0 Å². The van der Waals surface area contributed by atoms with Crippen molar-refractivity contribution < 1.29 is 9.90 Å². The van der Waals surface area contributed by atoms with Gasteiger partial charge in [-0.05, 0) is 92.3 Å². The summed E-state index contributed by atoms with van der Waals surface area (Å²) in [5.74, 6) is 2.38. The standard InChI is InChI=1S/C24H38O2/c1-16(7-12-22(25)26)19-10-11-20-18-9-8-17-6-4-5-14-23(17,2)21(18)13-15-24(19,20)3/h16-17,19-20H,4-15H2,1-3H3,(H,25,26)/t16-,17+,19-,20+,23+,24-/m1/s1. The molecule has 0 aromatic rings. The third kappa shape index (κ3) is 2.78. The summed E-state index contributed by atoms with van der Waals surface area (Å²) in [7, 11) is 0. The van der Waals surface area contributed by atoms with Gasteiger partial charge in [0.25, 0.3) is 0 Å². The summed E-state index contributed by atoms with van der Waals surface area (Å²) in [4.78, 5) is 11.0. The Balaban J connectivity index is 1.59. The fourth-order valence-electron chi connectivity index (χ4n) is 8.02. The summed E-state index contributed by atoms with van der Waals surface area (Å²) in [6, 6.07) is 0. The zero-order valence-electron chi connectivity index (χ0n) is 17.2. The minimum absolute atomic E-state index is 0.339. The van der Waals surface area contributed by atoms with Gasteiger partial charge in [-0.25, -0.2) is 0 Å². The van der Waals surface area contributed by atoms with Crippen molar-refractivity contribution in [3.63, 3.8) is 0 Å². The second kappa shape index (κ2) is 6.67. The molecule has 4 aliphatic rings. The van der Waals surface area contributed by atoms with E-state index in [2.05, 4.69) is 20.8 Å². The molecule has 0 spiro atoms. The molecular weight excluding hydrogens is 320 g/mol. The first-order valence-corrected chi connectivity index (χ1v) is 11.3. The molecule has 1 N–H and O–H groups in total. The maximum absolute atomic E-state index is 11.0. The van der Waals surface area contributed by atoms with Crippen LogP contribution in [0.5, 0.6) is 0 Å². The van der Waals surface area contributed by atoms with Gasteiger partial charge in [0.05, 0.1) is 0 Å². The van der Waals surface area contributed by atoms with Gasteiger partial charge in [-0.15, -0.1) is 0 Å². The van der Waals surface area contributed by atoms with Crippen LogP contribution in [-0.4, -0.2) is 11.1 Å². The molecule has 2 fully saturated rings. The number of allylic oxidation sites excluding steroid dienone is 2. The zero-order valence-corrected chi connectivity index (χ0v) is 17.2. The first kappa shape index (κ1) is 18.6. The van der Waals surface area contributed by atoms with Gasteiger partial charge in [-0.3, -0.25) is 4.79 Å². The Bertz CT molecular complexity index is 605. The molecule has 0 aromatic heterocycles. The Labute approximate surface area is 159 Å². The monoisotopic (exact) mass is 358 g/mol. The third-order valence-corrected chi connectivity index (χ3v) is 9.48. The lowest BCUT2D eigenvalue weighted by atomic mass is 9.50. The topological polar surface area (TPSA) is 37.3 Å². The molecule has 0 amide bonds. The number of rotatable bonds is 4. The Hall–Kier alpha value is -0.790. The Morgan fingerprint density at radius 1 is 1.12 bits per heavy atom. The molecular formula is C24H38O2. The third-order valence-electron chi connectivity index (χ3n) is 9.48. The summed E-state index contributed by atoms with van der Waals surface area (Å²) in [6.07, 6.45) is 15.1. The molecule has 0 heterocycles. The minimum atomic E-state index is -0.631. The van der Waals surface area contributed by atoms with Gasteiger partial charge in [0.1, 0.15) is 0 Å². The van der Waals surface area contributed by atoms with E-state index in [0.29, 0.717) is 23.2 Å². The second-order valence-corrected chi connectivity index (χ2v) is 10.6. The van der Waals surface area contributed by atoms with E-state index in [-0.39, 0.29) is 0 Å². The Morgan fingerprint density at radius 3 is 2.69 bits per heavy atom. The van der Waals surface area contributed by atoms with Crippen LogP contribution in [0.25, 0.3) is 0 Å². The SMILES string of the molecule is C[C@H](CCC(=O)O)[C@H]1CC[C@H]2C3=C(CC[C@]12C)[C@@]1(C)CCCC[C@H]1CC3. The highest BCUT2D eigenvalue weighted by Crippen LogP contribution is 2.65. The van der Waals surface area contributed by atoms with Crippen LogP contribution in [0.15, 0.2) is 11.1 Å². The summed E-state index contributed by atoms with van der Waals surface area (Å²) in [6.45, 7) is 7.49. The van der Waals surface area contributed by atoms with Gasteiger partial charge in [-0.1, -0.05) is 44.8 Å². The smallest absolute Gasteiger partial charge is 0.303 e. The number of carboxylic acids is 1. The van der Waals surface area contributed by atoms with Crippen LogP contribution in [0.4, 0.5) is 0 Å². The van der Waals surface area contributed by atoms with E-state index in [1.165, 1.54) is 64.2 Å². The molecule has 0 saturated heterocycles. The van der Waals surface area contributed by atoms with Crippen LogP contribution < -0.4 is 0 Å². The average molecular weight is 359 g/mol. The molecule has 6 atom stereocenters. The second-order valence-electron chi connectivity index (χ2n) is 10.6. The van der Waals surface area contributed by atoms with Gasteiger partial charge in [-0.2, -0.15) is 0 Å². The molecule has 4 rings (SSSR count). The largest absolute Gasteiger partial charge is 0.481 e. The zero-order chi connectivity index (χ0) is 18.5. The van der Waals surface area contributed by atoms with Crippen LogP contribution in [0.1, 0.15) is 97.8 Å². The van der Waals surface area contributed by atoms with Crippen molar-refractivity contribution in [1.29, 1.82) is 0 Å². The summed E-state index contributed by atoms with van der Waals surface area (Å²) >= 11 is 0. The van der Waals surface area contributed by atoms with E-state index in [9.17, 15) is 4.79 Å². The predicted octanol–water partition coefficient (Wildman–Crippen LogP) is 6.60. The molecule has 0 unspecified atom stereocenters. The van der Waals surface area contributed by atoms with Crippen LogP contribution >= 0.6 is 0 Å². The minimum Gasteiger partial charge on any atom is -0.481 e. The van der Waals surface area contributed by atoms with Crippen molar-refractivity contribution >= 4 is 5.97 Å². The lowest BCUT2D eigenvalue weighted by molar-refractivity contribution is -0.137. The molecule has 0 aliphatic heterocycles. The first-order valence-electron chi connectivity index (χ1n) is 11.3. The molecule has 2 saturated carbocycles. The van der Waals surface area contributed by atoms with Gasteiger partial charge < -0.3 is 5.11 Å². The van der Waals surface area contributed by atoms with E-state index in [4.69, 9.17) is 5.11 Å². The summed E-state index contributed by atoms with van der Waals surface area (Å²) in [5, 5.41) is 9.09. The molecule has 0 radical (unpaired) electrons. The van der Waals surface area contributed by atoms with E-state index < -0.39 is 5.97 Å². The Morgan fingerprint density at radius 2 is 1.92 bits per heavy atom. The number of carbonyl (C=O) groups is 1. The molecule has 26 heavy (non-hydrogen) atoms. The predicted molar refractivity (Wildman–Crippen MR) is 106 cm³/mol. The van der Waals surface area contributed by atoms with E-state index in [1.54, 1.807) is 0 Å². The van der Waals surface area contributed by atoms with Crippen LogP contribution in [0.2, 0.25) is 0 Å². The van der Waals surface area contributed by atoms with E-state index in [0.717, 1.165) is 24.2 Å². The summed E-state index contributed by atoms with van der Waals surface area (Å²) < 4.78 is 0. The van der Waals surface area contributed by atoms with Crippen molar-refractivity contribution in [2.45, 2.75) is 97.8 Å². The number of aliphatic carboxylic acids is 1. The Kier molecular flexibility index (Phi) is 4.77. The van der Waals surface area contributed by atoms with Gasteiger partial charge in [0.2, 0.25) is 0 Å². The fraction of sp³-hybridized carbons (Fsp3) is 0.875. The van der Waals surface area contributed by atoms with E-state index in [1.807, 2.05) is 11.1 Å². The lowest BCUT2D eigenvalue weighted by Crippen LogP contribution is -2.43.